The first kappa shape index (κ1) is 16.4. The second kappa shape index (κ2) is 6.78. The molecule has 5 nitrogen and oxygen atoms in total. The molecule has 0 atom stereocenters. The number of H-pyrrole nitrogens is 1. The van der Waals surface area contributed by atoms with Crippen LogP contribution < -0.4 is 4.90 Å². The number of pyridine rings is 1. The van der Waals surface area contributed by atoms with Crippen LogP contribution in [0.2, 0.25) is 0 Å². The van der Waals surface area contributed by atoms with Gasteiger partial charge in [0.15, 0.2) is 0 Å². The molecule has 138 valence electrons. The number of aromatic amines is 1. The molecular formula is C21H22FN5. The normalized spacial score (nSPS) is 18.0. The van der Waals surface area contributed by atoms with E-state index in [-0.39, 0.29) is 5.82 Å². The summed E-state index contributed by atoms with van der Waals surface area (Å²) in [5.41, 5.74) is 2.81. The van der Waals surface area contributed by atoms with Crippen LogP contribution in [0.25, 0.3) is 22.6 Å². The van der Waals surface area contributed by atoms with Crippen LogP contribution in [0.15, 0.2) is 48.8 Å². The van der Waals surface area contributed by atoms with Crippen molar-refractivity contribution in [1.29, 1.82) is 0 Å². The van der Waals surface area contributed by atoms with Crippen LogP contribution in [0.5, 0.6) is 0 Å². The Hall–Kier alpha value is -2.73. The molecule has 1 N–H and O–H groups in total. The summed E-state index contributed by atoms with van der Waals surface area (Å²) in [7, 11) is 0. The van der Waals surface area contributed by atoms with E-state index >= 15 is 0 Å². The fourth-order valence-electron chi connectivity index (χ4n) is 3.74. The Balaban J connectivity index is 1.34. The molecule has 5 rings (SSSR count). The zero-order chi connectivity index (χ0) is 18.2. The van der Waals surface area contributed by atoms with E-state index in [2.05, 4.69) is 30.8 Å². The van der Waals surface area contributed by atoms with E-state index in [4.69, 9.17) is 0 Å². The van der Waals surface area contributed by atoms with Gasteiger partial charge in [-0.25, -0.2) is 14.4 Å². The molecule has 0 amide bonds. The maximum absolute atomic E-state index is 13.1. The van der Waals surface area contributed by atoms with Gasteiger partial charge < -0.3 is 9.88 Å². The van der Waals surface area contributed by atoms with E-state index < -0.39 is 0 Å². The van der Waals surface area contributed by atoms with Crippen LogP contribution in [0.4, 0.5) is 10.2 Å². The standard InChI is InChI=1S/C21H22FN5/c22-17-3-1-15(2-4-17)19-14-24-21(25-19)16-7-8-23-20(13-16)27-11-9-26(10-12-27)18-5-6-18/h1-4,7-8,13-14,18H,5-6,9-12H2,(H,24,25). The van der Waals surface area contributed by atoms with Gasteiger partial charge in [-0.2, -0.15) is 0 Å². The smallest absolute Gasteiger partial charge is 0.137 e. The van der Waals surface area contributed by atoms with Crippen molar-refractivity contribution in [3.63, 3.8) is 0 Å². The van der Waals surface area contributed by atoms with E-state index in [0.29, 0.717) is 0 Å². The minimum atomic E-state index is -0.237. The lowest BCUT2D eigenvalue weighted by atomic mass is 10.2. The highest BCUT2D eigenvalue weighted by Gasteiger charge is 2.31. The highest BCUT2D eigenvalue weighted by atomic mass is 19.1. The van der Waals surface area contributed by atoms with Crippen molar-refractivity contribution >= 4 is 5.82 Å². The molecule has 0 bridgehead atoms. The molecule has 1 aliphatic heterocycles. The number of anilines is 1. The minimum Gasteiger partial charge on any atom is -0.354 e. The Morgan fingerprint density at radius 3 is 2.44 bits per heavy atom. The second-order valence-electron chi connectivity index (χ2n) is 7.31. The molecule has 1 saturated heterocycles. The summed E-state index contributed by atoms with van der Waals surface area (Å²) in [4.78, 5) is 17.4. The van der Waals surface area contributed by atoms with Crippen LogP contribution in [0.1, 0.15) is 12.8 Å². The van der Waals surface area contributed by atoms with Gasteiger partial charge in [-0.3, -0.25) is 4.90 Å². The Kier molecular flexibility index (Phi) is 4.13. The average molecular weight is 363 g/mol. The van der Waals surface area contributed by atoms with Gasteiger partial charge in [0.1, 0.15) is 17.5 Å². The van der Waals surface area contributed by atoms with Crippen molar-refractivity contribution in [1.82, 2.24) is 19.9 Å². The lowest BCUT2D eigenvalue weighted by Crippen LogP contribution is -2.47. The summed E-state index contributed by atoms with van der Waals surface area (Å²) >= 11 is 0. The average Bonchev–Trinajstić information content (AvgIpc) is 3.45. The summed E-state index contributed by atoms with van der Waals surface area (Å²) in [5.74, 6) is 1.57. The lowest BCUT2D eigenvalue weighted by molar-refractivity contribution is 0.247. The number of imidazole rings is 1. The molecule has 0 radical (unpaired) electrons. The van der Waals surface area contributed by atoms with Gasteiger partial charge in [0, 0.05) is 44.0 Å². The maximum Gasteiger partial charge on any atom is 0.137 e. The number of piperazine rings is 1. The number of hydrogen-bond acceptors (Lipinski definition) is 4. The van der Waals surface area contributed by atoms with Crippen molar-refractivity contribution in [2.24, 2.45) is 0 Å². The summed E-state index contributed by atoms with van der Waals surface area (Å²) in [6.07, 6.45) is 6.36. The first-order valence-corrected chi connectivity index (χ1v) is 9.53. The van der Waals surface area contributed by atoms with Gasteiger partial charge in [-0.05, 0) is 54.8 Å². The molecular weight excluding hydrogens is 341 g/mol. The van der Waals surface area contributed by atoms with E-state index in [1.165, 1.54) is 25.0 Å². The van der Waals surface area contributed by atoms with Crippen molar-refractivity contribution in [2.75, 3.05) is 31.1 Å². The van der Waals surface area contributed by atoms with Gasteiger partial charge in [0.25, 0.3) is 0 Å². The van der Waals surface area contributed by atoms with Crippen LogP contribution in [0.3, 0.4) is 0 Å². The number of hydrogen-bond donors (Lipinski definition) is 1. The highest BCUT2D eigenvalue weighted by molar-refractivity contribution is 5.66. The number of halogens is 1. The Bertz CT molecular complexity index is 924. The van der Waals surface area contributed by atoms with Crippen LogP contribution in [-0.2, 0) is 0 Å². The molecule has 0 unspecified atom stereocenters. The fraction of sp³-hybridized carbons (Fsp3) is 0.333. The minimum absolute atomic E-state index is 0.237. The first-order valence-electron chi connectivity index (χ1n) is 9.53. The molecule has 3 aromatic rings. The zero-order valence-electron chi connectivity index (χ0n) is 15.1. The Morgan fingerprint density at radius 2 is 1.70 bits per heavy atom. The first-order chi connectivity index (χ1) is 13.3. The van der Waals surface area contributed by atoms with Gasteiger partial charge in [-0.1, -0.05) is 0 Å². The predicted octanol–water partition coefficient (Wildman–Crippen LogP) is 3.56. The van der Waals surface area contributed by atoms with Gasteiger partial charge in [-0.15, -0.1) is 0 Å². The lowest BCUT2D eigenvalue weighted by Gasteiger charge is -2.35. The summed E-state index contributed by atoms with van der Waals surface area (Å²) in [6, 6.07) is 11.3. The number of rotatable bonds is 4. The molecule has 2 aliphatic rings. The molecule has 2 fully saturated rings. The number of nitrogens with one attached hydrogen (secondary N) is 1. The van der Waals surface area contributed by atoms with Crippen molar-refractivity contribution in [2.45, 2.75) is 18.9 Å². The maximum atomic E-state index is 13.1. The van der Waals surface area contributed by atoms with E-state index in [9.17, 15) is 4.39 Å². The van der Waals surface area contributed by atoms with Crippen molar-refractivity contribution in [3.8, 4) is 22.6 Å². The number of aromatic nitrogens is 3. The third kappa shape index (κ3) is 3.45. The number of nitrogens with zero attached hydrogens (tertiary/aromatic N) is 4. The zero-order valence-corrected chi connectivity index (χ0v) is 15.1. The Morgan fingerprint density at radius 1 is 0.926 bits per heavy atom. The topological polar surface area (TPSA) is 48.1 Å². The monoisotopic (exact) mass is 363 g/mol. The molecule has 27 heavy (non-hydrogen) atoms. The van der Waals surface area contributed by atoms with E-state index in [1.54, 1.807) is 18.3 Å². The van der Waals surface area contributed by atoms with Gasteiger partial charge >= 0.3 is 0 Å². The third-order valence-corrected chi connectivity index (χ3v) is 5.45. The van der Waals surface area contributed by atoms with Gasteiger partial charge in [0.2, 0.25) is 0 Å². The summed E-state index contributed by atoms with van der Waals surface area (Å²) in [5, 5.41) is 0. The quantitative estimate of drug-likeness (QED) is 0.770. The summed E-state index contributed by atoms with van der Waals surface area (Å²) < 4.78 is 13.1. The highest BCUT2D eigenvalue weighted by Crippen LogP contribution is 2.29. The molecule has 1 aromatic carbocycles. The van der Waals surface area contributed by atoms with Crippen LogP contribution in [0, 0.1) is 5.82 Å². The van der Waals surface area contributed by atoms with Crippen molar-refractivity contribution in [3.05, 3.63) is 54.6 Å². The fourth-order valence-corrected chi connectivity index (χ4v) is 3.74. The van der Waals surface area contributed by atoms with Gasteiger partial charge in [0.05, 0.1) is 11.9 Å². The van der Waals surface area contributed by atoms with Crippen LogP contribution >= 0.6 is 0 Å². The van der Waals surface area contributed by atoms with Crippen LogP contribution in [-0.4, -0.2) is 52.1 Å². The van der Waals surface area contributed by atoms with Crippen molar-refractivity contribution < 1.29 is 4.39 Å². The molecule has 6 heteroatoms. The third-order valence-electron chi connectivity index (χ3n) is 5.45. The molecule has 1 saturated carbocycles. The predicted molar refractivity (Wildman–Crippen MR) is 104 cm³/mol. The molecule has 3 heterocycles. The summed E-state index contributed by atoms with van der Waals surface area (Å²) in [6.45, 7) is 4.27. The Labute approximate surface area is 157 Å². The number of benzene rings is 1. The molecule has 0 spiro atoms. The molecule has 2 aromatic heterocycles. The van der Waals surface area contributed by atoms with E-state index in [1.807, 2.05) is 12.3 Å². The second-order valence-corrected chi connectivity index (χ2v) is 7.31. The van der Waals surface area contributed by atoms with E-state index in [0.717, 1.165) is 60.7 Å². The largest absolute Gasteiger partial charge is 0.354 e. The molecule has 1 aliphatic carbocycles. The SMILES string of the molecule is Fc1ccc(-c2cnc(-c3ccnc(N4CCN(C5CC5)CC4)c3)[nH]2)cc1.